The standard InChI is InChI=1S/C19H16ClNO2/c20-14-7-5-11(6-8-14)18(22)19-17(21)15-9-12-3-1-2-4-13(12)10-16(15)23-19/h5-10H,1-4,21H2. The first-order valence-electron chi connectivity index (χ1n) is 7.77. The molecule has 0 bridgehead atoms. The summed E-state index contributed by atoms with van der Waals surface area (Å²) in [6, 6.07) is 10.9. The van der Waals surface area contributed by atoms with E-state index in [-0.39, 0.29) is 11.5 Å². The molecule has 3 nitrogen and oxygen atoms in total. The summed E-state index contributed by atoms with van der Waals surface area (Å²) in [5.41, 5.74) is 10.5. The van der Waals surface area contributed by atoms with Crippen LogP contribution in [0.4, 0.5) is 5.69 Å². The second-order valence-corrected chi connectivity index (χ2v) is 6.44. The van der Waals surface area contributed by atoms with E-state index in [1.165, 1.54) is 24.0 Å². The molecule has 2 N–H and O–H groups in total. The lowest BCUT2D eigenvalue weighted by atomic mass is 9.90. The highest BCUT2D eigenvalue weighted by molar-refractivity contribution is 6.30. The summed E-state index contributed by atoms with van der Waals surface area (Å²) in [7, 11) is 0. The molecule has 1 aliphatic rings. The van der Waals surface area contributed by atoms with Crippen LogP contribution in [-0.2, 0) is 12.8 Å². The van der Waals surface area contributed by atoms with E-state index in [9.17, 15) is 4.79 Å². The van der Waals surface area contributed by atoms with Gasteiger partial charge in [0.1, 0.15) is 5.58 Å². The Hall–Kier alpha value is -2.26. The van der Waals surface area contributed by atoms with Gasteiger partial charge in [0.25, 0.3) is 0 Å². The van der Waals surface area contributed by atoms with Crippen molar-refractivity contribution in [2.24, 2.45) is 0 Å². The Labute approximate surface area is 139 Å². The van der Waals surface area contributed by atoms with Crippen molar-refractivity contribution in [2.75, 3.05) is 5.73 Å². The average Bonchev–Trinajstić information content (AvgIpc) is 2.89. The molecule has 0 amide bonds. The smallest absolute Gasteiger partial charge is 0.230 e. The van der Waals surface area contributed by atoms with Crippen LogP contribution >= 0.6 is 11.6 Å². The Morgan fingerprint density at radius 3 is 2.39 bits per heavy atom. The Balaban J connectivity index is 1.82. The number of hydrogen-bond acceptors (Lipinski definition) is 3. The molecule has 3 aromatic rings. The van der Waals surface area contributed by atoms with Crippen LogP contribution in [0, 0.1) is 0 Å². The van der Waals surface area contributed by atoms with Crippen LogP contribution in [0.15, 0.2) is 40.8 Å². The molecule has 0 spiro atoms. The SMILES string of the molecule is Nc1c(C(=O)c2ccc(Cl)cc2)oc2cc3c(cc12)CCCC3. The second kappa shape index (κ2) is 5.43. The Kier molecular flexibility index (Phi) is 3.38. The summed E-state index contributed by atoms with van der Waals surface area (Å²) < 4.78 is 5.80. The number of fused-ring (bicyclic) bond motifs is 2. The van der Waals surface area contributed by atoms with Gasteiger partial charge in [0.2, 0.25) is 5.78 Å². The molecule has 0 atom stereocenters. The Bertz CT molecular complexity index is 909. The molecule has 0 unspecified atom stereocenters. The lowest BCUT2D eigenvalue weighted by Gasteiger charge is -2.14. The first-order chi connectivity index (χ1) is 11.1. The fraction of sp³-hybridized carbons (Fsp3) is 0.211. The van der Waals surface area contributed by atoms with E-state index in [1.54, 1.807) is 24.3 Å². The fourth-order valence-electron chi connectivity index (χ4n) is 3.25. The summed E-state index contributed by atoms with van der Waals surface area (Å²) in [5, 5.41) is 1.43. The number of halogens is 1. The van der Waals surface area contributed by atoms with Crippen molar-refractivity contribution < 1.29 is 9.21 Å². The van der Waals surface area contributed by atoms with E-state index >= 15 is 0 Å². The predicted octanol–water partition coefficient (Wildman–Crippen LogP) is 4.78. The first kappa shape index (κ1) is 14.3. The van der Waals surface area contributed by atoms with Crippen molar-refractivity contribution in [3.8, 4) is 0 Å². The maximum Gasteiger partial charge on any atom is 0.230 e. The number of anilines is 1. The molecule has 2 aromatic carbocycles. The molecular formula is C19H16ClNO2. The molecule has 4 heteroatoms. The molecule has 0 saturated carbocycles. The molecule has 4 rings (SSSR count). The number of ketones is 1. The largest absolute Gasteiger partial charge is 0.450 e. The number of nitrogens with two attached hydrogens (primary N) is 1. The van der Waals surface area contributed by atoms with Gasteiger partial charge >= 0.3 is 0 Å². The van der Waals surface area contributed by atoms with Crippen molar-refractivity contribution in [2.45, 2.75) is 25.7 Å². The Morgan fingerprint density at radius 1 is 1.04 bits per heavy atom. The van der Waals surface area contributed by atoms with Gasteiger partial charge in [-0.3, -0.25) is 4.79 Å². The normalized spacial score (nSPS) is 14.0. The van der Waals surface area contributed by atoms with Gasteiger partial charge in [-0.1, -0.05) is 11.6 Å². The van der Waals surface area contributed by atoms with Crippen molar-refractivity contribution in [3.05, 3.63) is 63.9 Å². The molecule has 116 valence electrons. The molecule has 0 aliphatic heterocycles. The van der Waals surface area contributed by atoms with E-state index in [2.05, 4.69) is 6.07 Å². The number of nitrogen functional groups attached to an aromatic ring is 1. The van der Waals surface area contributed by atoms with E-state index in [1.807, 2.05) is 6.07 Å². The molecule has 0 fully saturated rings. The number of carbonyl (C=O) groups excluding carboxylic acids is 1. The van der Waals surface area contributed by atoms with E-state index in [4.69, 9.17) is 21.8 Å². The number of benzene rings is 2. The fourth-order valence-corrected chi connectivity index (χ4v) is 3.37. The maximum absolute atomic E-state index is 12.7. The van der Waals surface area contributed by atoms with Gasteiger partial charge in [0.05, 0.1) is 5.69 Å². The van der Waals surface area contributed by atoms with Crippen LogP contribution in [0.3, 0.4) is 0 Å². The first-order valence-corrected chi connectivity index (χ1v) is 8.15. The topological polar surface area (TPSA) is 56.2 Å². The van der Waals surface area contributed by atoms with Gasteiger partial charge in [0.15, 0.2) is 5.76 Å². The highest BCUT2D eigenvalue weighted by Crippen LogP contribution is 2.34. The quantitative estimate of drug-likeness (QED) is 0.690. The molecule has 0 saturated heterocycles. The molecular weight excluding hydrogens is 310 g/mol. The van der Waals surface area contributed by atoms with Crippen molar-refractivity contribution in [3.63, 3.8) is 0 Å². The molecule has 0 radical (unpaired) electrons. The zero-order chi connectivity index (χ0) is 16.0. The number of hydrogen-bond donors (Lipinski definition) is 1. The zero-order valence-corrected chi connectivity index (χ0v) is 13.3. The molecule has 1 heterocycles. The highest BCUT2D eigenvalue weighted by atomic mass is 35.5. The van der Waals surface area contributed by atoms with Gasteiger partial charge in [-0.2, -0.15) is 0 Å². The summed E-state index contributed by atoms with van der Waals surface area (Å²) >= 11 is 5.87. The van der Waals surface area contributed by atoms with Gasteiger partial charge < -0.3 is 10.2 Å². The van der Waals surface area contributed by atoms with Crippen LogP contribution in [-0.4, -0.2) is 5.78 Å². The third-order valence-corrected chi connectivity index (χ3v) is 4.76. The molecule has 23 heavy (non-hydrogen) atoms. The molecule has 1 aliphatic carbocycles. The van der Waals surface area contributed by atoms with Crippen LogP contribution in [0.25, 0.3) is 11.0 Å². The summed E-state index contributed by atoms with van der Waals surface area (Å²) in [6.45, 7) is 0. The summed E-state index contributed by atoms with van der Waals surface area (Å²) in [6.07, 6.45) is 4.53. The van der Waals surface area contributed by atoms with Gasteiger partial charge in [0, 0.05) is 16.0 Å². The number of aryl methyl sites for hydroxylation is 2. The lowest BCUT2D eigenvalue weighted by Crippen LogP contribution is -2.03. The zero-order valence-electron chi connectivity index (χ0n) is 12.6. The highest BCUT2D eigenvalue weighted by Gasteiger charge is 2.22. The van der Waals surface area contributed by atoms with Crippen molar-refractivity contribution >= 4 is 34.0 Å². The van der Waals surface area contributed by atoms with Crippen LogP contribution < -0.4 is 5.73 Å². The number of rotatable bonds is 2. The van der Waals surface area contributed by atoms with Crippen LogP contribution in [0.1, 0.15) is 40.1 Å². The van der Waals surface area contributed by atoms with E-state index < -0.39 is 0 Å². The number of carbonyl (C=O) groups is 1. The van der Waals surface area contributed by atoms with Crippen LogP contribution in [0.5, 0.6) is 0 Å². The second-order valence-electron chi connectivity index (χ2n) is 6.01. The third kappa shape index (κ3) is 2.41. The van der Waals surface area contributed by atoms with Crippen molar-refractivity contribution in [1.29, 1.82) is 0 Å². The van der Waals surface area contributed by atoms with Gasteiger partial charge in [-0.25, -0.2) is 0 Å². The maximum atomic E-state index is 12.7. The summed E-state index contributed by atoms with van der Waals surface area (Å²) in [5.74, 6) is -0.00184. The Morgan fingerprint density at radius 2 is 1.70 bits per heavy atom. The third-order valence-electron chi connectivity index (χ3n) is 4.50. The van der Waals surface area contributed by atoms with E-state index in [0.29, 0.717) is 21.9 Å². The summed E-state index contributed by atoms with van der Waals surface area (Å²) in [4.78, 5) is 12.7. The van der Waals surface area contributed by atoms with Gasteiger partial charge in [-0.05, 0) is 73.2 Å². The van der Waals surface area contributed by atoms with Crippen molar-refractivity contribution in [1.82, 2.24) is 0 Å². The number of furan rings is 1. The molecule has 1 aromatic heterocycles. The minimum Gasteiger partial charge on any atom is -0.450 e. The monoisotopic (exact) mass is 325 g/mol. The van der Waals surface area contributed by atoms with Gasteiger partial charge in [-0.15, -0.1) is 0 Å². The minimum absolute atomic E-state index is 0.213. The lowest BCUT2D eigenvalue weighted by molar-refractivity contribution is 0.101. The minimum atomic E-state index is -0.215. The predicted molar refractivity (Wildman–Crippen MR) is 92.2 cm³/mol. The average molecular weight is 326 g/mol. The van der Waals surface area contributed by atoms with Crippen LogP contribution in [0.2, 0.25) is 5.02 Å². The van der Waals surface area contributed by atoms with E-state index in [0.717, 1.165) is 18.2 Å².